The van der Waals surface area contributed by atoms with E-state index in [1.54, 1.807) is 0 Å². The molecule has 7 heteroatoms. The van der Waals surface area contributed by atoms with E-state index in [1.165, 1.54) is 11.3 Å². The second kappa shape index (κ2) is 11.1. The van der Waals surface area contributed by atoms with Crippen molar-refractivity contribution in [3.8, 4) is 11.5 Å². The van der Waals surface area contributed by atoms with Gasteiger partial charge in [0.2, 0.25) is 0 Å². The van der Waals surface area contributed by atoms with Gasteiger partial charge in [0.05, 0.1) is 22.9 Å². The average Bonchev–Trinajstić information content (AvgIpc) is 3.25. The number of aliphatic carboxylic acids is 1. The van der Waals surface area contributed by atoms with Crippen LogP contribution in [0.15, 0.2) is 60.7 Å². The highest BCUT2D eigenvalue weighted by molar-refractivity contribution is 7.16. The van der Waals surface area contributed by atoms with Crippen LogP contribution in [0.4, 0.5) is 0 Å². The van der Waals surface area contributed by atoms with Gasteiger partial charge in [-0.1, -0.05) is 48.0 Å². The first-order valence-corrected chi connectivity index (χ1v) is 12.4. The molecule has 2 unspecified atom stereocenters. The number of nitrogens with zero attached hydrogens (tertiary/aromatic N) is 1. The van der Waals surface area contributed by atoms with Gasteiger partial charge in [-0.2, -0.15) is 0 Å². The molecule has 174 valence electrons. The minimum absolute atomic E-state index is 0.0907. The lowest BCUT2D eigenvalue weighted by Gasteiger charge is -2.37. The van der Waals surface area contributed by atoms with Crippen molar-refractivity contribution in [2.45, 2.75) is 32.4 Å². The Hall–Kier alpha value is -2.54. The van der Waals surface area contributed by atoms with Gasteiger partial charge in [-0.15, -0.1) is 11.3 Å². The molecule has 2 aromatic carbocycles. The molecule has 1 aliphatic heterocycles. The van der Waals surface area contributed by atoms with Crippen molar-refractivity contribution < 1.29 is 19.4 Å². The number of likely N-dealkylation sites (tertiary alicyclic amines) is 1. The molecule has 3 aromatic rings. The summed E-state index contributed by atoms with van der Waals surface area (Å²) in [6.45, 7) is 4.26. The molecule has 1 fully saturated rings. The smallest absolute Gasteiger partial charge is 0.307 e. The molecule has 2 atom stereocenters. The Morgan fingerprint density at radius 2 is 1.97 bits per heavy atom. The molecule has 5 nitrogen and oxygen atoms in total. The minimum Gasteiger partial charge on any atom is -0.490 e. The fourth-order valence-electron chi connectivity index (χ4n) is 4.29. The monoisotopic (exact) mass is 485 g/mol. The van der Waals surface area contributed by atoms with Crippen LogP contribution in [-0.2, 0) is 11.4 Å². The summed E-state index contributed by atoms with van der Waals surface area (Å²) in [7, 11) is 0. The summed E-state index contributed by atoms with van der Waals surface area (Å²) >= 11 is 7.81. The molecule has 0 aliphatic carbocycles. The summed E-state index contributed by atoms with van der Waals surface area (Å²) < 4.78 is 12.7. The zero-order valence-corrected chi connectivity index (χ0v) is 20.1. The van der Waals surface area contributed by atoms with Gasteiger partial charge < -0.3 is 14.6 Å². The summed E-state index contributed by atoms with van der Waals surface area (Å²) in [5, 5.41) is 9.60. The largest absolute Gasteiger partial charge is 0.490 e. The number of rotatable bonds is 9. The lowest BCUT2D eigenvalue weighted by atomic mass is 9.94. The minimum atomic E-state index is -0.734. The Morgan fingerprint density at radius 3 is 2.67 bits per heavy atom. The fraction of sp³-hybridized carbons (Fsp3) is 0.346. The van der Waals surface area contributed by atoms with Crippen molar-refractivity contribution in [2.24, 2.45) is 5.92 Å². The third kappa shape index (κ3) is 5.88. The van der Waals surface area contributed by atoms with Crippen LogP contribution in [0, 0.1) is 5.92 Å². The van der Waals surface area contributed by atoms with Crippen LogP contribution in [0.2, 0.25) is 4.34 Å². The van der Waals surface area contributed by atoms with Gasteiger partial charge in [0, 0.05) is 11.4 Å². The highest BCUT2D eigenvalue weighted by Gasteiger charge is 2.32. The zero-order valence-electron chi connectivity index (χ0n) is 18.6. The Labute approximate surface area is 203 Å². The molecular formula is C26H28ClNO4S. The van der Waals surface area contributed by atoms with Gasteiger partial charge in [-0.05, 0) is 61.7 Å². The second-order valence-corrected chi connectivity index (χ2v) is 9.88. The summed E-state index contributed by atoms with van der Waals surface area (Å²) in [5.74, 6) is 0.277. The molecule has 4 rings (SSSR count). The SMILES string of the molecule is CCOc1cc(C(c2ccc(Cl)s2)N2CCCC(C(=O)O)C2)ccc1OCc1ccccc1. The van der Waals surface area contributed by atoms with Crippen molar-refractivity contribution in [1.29, 1.82) is 0 Å². The summed E-state index contributed by atoms with van der Waals surface area (Å²) in [5.41, 5.74) is 2.12. The number of benzene rings is 2. The van der Waals surface area contributed by atoms with E-state index in [0.717, 1.165) is 33.3 Å². The van der Waals surface area contributed by atoms with Gasteiger partial charge in [-0.3, -0.25) is 9.69 Å². The van der Waals surface area contributed by atoms with E-state index in [0.29, 0.717) is 37.7 Å². The molecule has 0 amide bonds. The van der Waals surface area contributed by atoms with Crippen molar-refractivity contribution in [3.63, 3.8) is 0 Å². The van der Waals surface area contributed by atoms with Crippen LogP contribution in [0.1, 0.15) is 41.8 Å². The van der Waals surface area contributed by atoms with Gasteiger partial charge in [0.25, 0.3) is 0 Å². The molecule has 2 heterocycles. The number of thiophene rings is 1. The maximum atomic E-state index is 11.7. The number of carbonyl (C=O) groups is 1. The first kappa shape index (κ1) is 23.6. The van der Waals surface area contributed by atoms with Gasteiger partial charge in [0.1, 0.15) is 6.61 Å². The maximum Gasteiger partial charge on any atom is 0.307 e. The maximum absolute atomic E-state index is 11.7. The van der Waals surface area contributed by atoms with Gasteiger partial charge in [-0.25, -0.2) is 0 Å². The number of hydrogen-bond acceptors (Lipinski definition) is 5. The molecule has 1 saturated heterocycles. The van der Waals surface area contributed by atoms with Crippen molar-refractivity contribution in [1.82, 2.24) is 4.90 Å². The van der Waals surface area contributed by atoms with E-state index in [9.17, 15) is 9.90 Å². The standard InChI is InChI=1S/C26H28ClNO4S/c1-2-31-22-15-19(10-11-21(22)32-17-18-7-4-3-5-8-18)25(23-12-13-24(27)33-23)28-14-6-9-20(16-28)26(29)30/h3-5,7-8,10-13,15,20,25H,2,6,9,14,16-17H2,1H3,(H,29,30). The molecular weight excluding hydrogens is 458 g/mol. The predicted molar refractivity (Wildman–Crippen MR) is 131 cm³/mol. The topological polar surface area (TPSA) is 59.0 Å². The lowest BCUT2D eigenvalue weighted by Crippen LogP contribution is -2.41. The van der Waals surface area contributed by atoms with Crippen molar-refractivity contribution in [3.05, 3.63) is 81.0 Å². The number of carboxylic acids is 1. The summed E-state index contributed by atoms with van der Waals surface area (Å²) in [6, 6.07) is 19.9. The fourth-order valence-corrected chi connectivity index (χ4v) is 5.51. The van der Waals surface area contributed by atoms with Gasteiger partial charge in [0.15, 0.2) is 11.5 Å². The van der Waals surface area contributed by atoms with Crippen molar-refractivity contribution >= 4 is 28.9 Å². The number of carboxylic acid groups (broad SMARTS) is 1. The number of halogens is 1. The Bertz CT molecular complexity index is 1070. The van der Waals surface area contributed by atoms with Crippen LogP contribution in [-0.4, -0.2) is 35.7 Å². The molecule has 1 N–H and O–H groups in total. The lowest BCUT2D eigenvalue weighted by molar-refractivity contribution is -0.143. The van der Waals surface area contributed by atoms with E-state index in [4.69, 9.17) is 21.1 Å². The van der Waals surface area contributed by atoms with Crippen LogP contribution >= 0.6 is 22.9 Å². The van der Waals surface area contributed by atoms with Crippen LogP contribution in [0.5, 0.6) is 11.5 Å². The molecule has 0 saturated carbocycles. The summed E-state index contributed by atoms with van der Waals surface area (Å²) in [4.78, 5) is 15.0. The summed E-state index contributed by atoms with van der Waals surface area (Å²) in [6.07, 6.45) is 1.56. The predicted octanol–water partition coefficient (Wildman–Crippen LogP) is 6.27. The molecule has 1 aromatic heterocycles. The van der Waals surface area contributed by atoms with E-state index >= 15 is 0 Å². The van der Waals surface area contributed by atoms with E-state index < -0.39 is 5.97 Å². The third-order valence-electron chi connectivity index (χ3n) is 5.85. The Balaban J connectivity index is 1.64. The normalized spacial score (nSPS) is 17.5. The number of ether oxygens (including phenoxy) is 2. The molecule has 0 spiro atoms. The Morgan fingerprint density at radius 1 is 1.15 bits per heavy atom. The molecule has 0 bridgehead atoms. The van der Waals surface area contributed by atoms with Crippen molar-refractivity contribution in [2.75, 3.05) is 19.7 Å². The Kier molecular flexibility index (Phi) is 7.91. The quantitative estimate of drug-likeness (QED) is 0.387. The number of hydrogen-bond donors (Lipinski definition) is 1. The van der Waals surface area contributed by atoms with Crippen LogP contribution in [0.3, 0.4) is 0 Å². The average molecular weight is 486 g/mol. The van der Waals surface area contributed by atoms with Gasteiger partial charge >= 0.3 is 5.97 Å². The highest BCUT2D eigenvalue weighted by Crippen LogP contribution is 2.40. The molecule has 33 heavy (non-hydrogen) atoms. The third-order valence-corrected chi connectivity index (χ3v) is 7.13. The molecule has 1 aliphatic rings. The second-order valence-electron chi connectivity index (χ2n) is 8.13. The van der Waals surface area contributed by atoms with E-state index in [1.807, 2.05) is 67.6 Å². The van der Waals surface area contributed by atoms with E-state index in [-0.39, 0.29) is 12.0 Å². The number of piperidine rings is 1. The van der Waals surface area contributed by atoms with E-state index in [2.05, 4.69) is 4.90 Å². The van der Waals surface area contributed by atoms with Crippen LogP contribution in [0.25, 0.3) is 0 Å². The first-order valence-electron chi connectivity index (χ1n) is 11.2. The highest BCUT2D eigenvalue weighted by atomic mass is 35.5. The molecule has 0 radical (unpaired) electrons. The first-order chi connectivity index (χ1) is 16.0. The van der Waals surface area contributed by atoms with Crippen LogP contribution < -0.4 is 9.47 Å². The zero-order chi connectivity index (χ0) is 23.2.